The lowest BCUT2D eigenvalue weighted by Crippen LogP contribution is -2.46. The molecule has 128 valence electrons. The van der Waals surface area contributed by atoms with Crippen molar-refractivity contribution in [3.8, 4) is 0 Å². The van der Waals surface area contributed by atoms with Gasteiger partial charge in [0.2, 0.25) is 5.91 Å². The maximum absolute atomic E-state index is 12.9. The molecule has 3 atom stereocenters. The summed E-state index contributed by atoms with van der Waals surface area (Å²) < 4.78 is 0. The van der Waals surface area contributed by atoms with Gasteiger partial charge in [-0.05, 0) is 51.5 Å². The van der Waals surface area contributed by atoms with Crippen molar-refractivity contribution in [2.75, 3.05) is 13.1 Å². The summed E-state index contributed by atoms with van der Waals surface area (Å²) in [7, 11) is 0. The van der Waals surface area contributed by atoms with E-state index in [2.05, 4.69) is 17.1 Å². The Morgan fingerprint density at radius 1 is 1.09 bits per heavy atom. The van der Waals surface area contributed by atoms with Crippen molar-refractivity contribution in [3.63, 3.8) is 0 Å². The minimum atomic E-state index is 0. The van der Waals surface area contributed by atoms with Crippen molar-refractivity contribution >= 4 is 18.3 Å². The van der Waals surface area contributed by atoms with E-state index in [0.717, 1.165) is 31.8 Å². The molecule has 2 heterocycles. The number of likely N-dealkylation sites (tertiary alicyclic amines) is 1. The molecule has 4 heteroatoms. The molecule has 0 aromatic carbocycles. The predicted octanol–water partition coefficient (Wildman–Crippen LogP) is 3.76. The van der Waals surface area contributed by atoms with E-state index in [4.69, 9.17) is 0 Å². The molecule has 1 N–H and O–H groups in total. The van der Waals surface area contributed by atoms with Crippen LogP contribution in [0.2, 0.25) is 0 Å². The van der Waals surface area contributed by atoms with E-state index in [0.29, 0.717) is 18.0 Å². The first-order valence-electron chi connectivity index (χ1n) is 9.28. The standard InChI is InChI=1S/C18H32N2O.ClH/c1-14-12-16(9-10-19-14)18(21)20-11-5-8-17(20)13-15-6-3-2-4-7-15;/h14-17,19H,2-13H2,1H3;1H/t14-,16-,17?;/m0./s1. The van der Waals surface area contributed by atoms with Crippen LogP contribution in [0.4, 0.5) is 0 Å². The Hall–Kier alpha value is -0.280. The average molecular weight is 329 g/mol. The van der Waals surface area contributed by atoms with Crippen LogP contribution in [0.1, 0.15) is 71.1 Å². The van der Waals surface area contributed by atoms with E-state index in [1.165, 1.54) is 51.4 Å². The Labute approximate surface area is 142 Å². The molecule has 0 aromatic heterocycles. The second kappa shape index (κ2) is 8.54. The van der Waals surface area contributed by atoms with E-state index in [9.17, 15) is 4.79 Å². The molecule has 0 radical (unpaired) electrons. The van der Waals surface area contributed by atoms with Gasteiger partial charge in [0.1, 0.15) is 0 Å². The summed E-state index contributed by atoms with van der Waals surface area (Å²) >= 11 is 0. The first kappa shape index (κ1) is 18.1. The summed E-state index contributed by atoms with van der Waals surface area (Å²) in [5, 5.41) is 3.46. The number of hydrogen-bond donors (Lipinski definition) is 1. The van der Waals surface area contributed by atoms with Crippen molar-refractivity contribution in [3.05, 3.63) is 0 Å². The molecule has 3 nitrogen and oxygen atoms in total. The largest absolute Gasteiger partial charge is 0.339 e. The molecular weight excluding hydrogens is 296 g/mol. The Bertz CT molecular complexity index is 357. The molecule has 0 bridgehead atoms. The quantitative estimate of drug-likeness (QED) is 0.855. The monoisotopic (exact) mass is 328 g/mol. The number of halogens is 1. The van der Waals surface area contributed by atoms with Crippen LogP contribution >= 0.6 is 12.4 Å². The molecule has 22 heavy (non-hydrogen) atoms. The number of nitrogens with one attached hydrogen (secondary N) is 1. The van der Waals surface area contributed by atoms with E-state index in [1.54, 1.807) is 0 Å². The first-order valence-corrected chi connectivity index (χ1v) is 9.28. The van der Waals surface area contributed by atoms with Gasteiger partial charge in [-0.1, -0.05) is 32.1 Å². The third kappa shape index (κ3) is 4.38. The average Bonchev–Trinajstić information content (AvgIpc) is 2.95. The Morgan fingerprint density at radius 2 is 1.86 bits per heavy atom. The van der Waals surface area contributed by atoms with Crippen LogP contribution in [-0.2, 0) is 4.79 Å². The van der Waals surface area contributed by atoms with Gasteiger partial charge in [0, 0.05) is 24.5 Å². The fourth-order valence-corrected chi connectivity index (χ4v) is 4.77. The van der Waals surface area contributed by atoms with Crippen molar-refractivity contribution in [1.82, 2.24) is 10.2 Å². The molecular formula is C18H33ClN2O. The maximum Gasteiger partial charge on any atom is 0.226 e. The van der Waals surface area contributed by atoms with Gasteiger partial charge in [0.25, 0.3) is 0 Å². The SMILES string of the molecule is C[C@H]1C[C@@H](C(=O)N2CCCC2CC2CCCCC2)CCN1.Cl. The van der Waals surface area contributed by atoms with Crippen molar-refractivity contribution in [2.24, 2.45) is 11.8 Å². The highest BCUT2D eigenvalue weighted by atomic mass is 35.5. The molecule has 3 rings (SSSR count). The zero-order chi connectivity index (χ0) is 14.7. The number of nitrogens with zero attached hydrogens (tertiary/aromatic N) is 1. The lowest BCUT2D eigenvalue weighted by atomic mass is 9.84. The van der Waals surface area contributed by atoms with Gasteiger partial charge in [-0.25, -0.2) is 0 Å². The summed E-state index contributed by atoms with van der Waals surface area (Å²) in [5.74, 6) is 1.65. The molecule has 1 aliphatic carbocycles. The van der Waals surface area contributed by atoms with Gasteiger partial charge >= 0.3 is 0 Å². The number of amides is 1. The predicted molar refractivity (Wildman–Crippen MR) is 93.4 cm³/mol. The van der Waals surface area contributed by atoms with Gasteiger partial charge in [0.05, 0.1) is 0 Å². The zero-order valence-electron chi connectivity index (χ0n) is 14.1. The van der Waals surface area contributed by atoms with Crippen molar-refractivity contribution < 1.29 is 4.79 Å². The van der Waals surface area contributed by atoms with Gasteiger partial charge in [-0.15, -0.1) is 12.4 Å². The minimum Gasteiger partial charge on any atom is -0.339 e. The van der Waals surface area contributed by atoms with Crippen LogP contribution < -0.4 is 5.32 Å². The van der Waals surface area contributed by atoms with E-state index in [1.807, 2.05) is 0 Å². The topological polar surface area (TPSA) is 32.3 Å². The summed E-state index contributed by atoms with van der Waals surface area (Å²) in [6.45, 7) is 4.25. The summed E-state index contributed by atoms with van der Waals surface area (Å²) in [4.78, 5) is 15.2. The van der Waals surface area contributed by atoms with Gasteiger partial charge in [0.15, 0.2) is 0 Å². The van der Waals surface area contributed by atoms with Crippen LogP contribution in [0.25, 0.3) is 0 Å². The number of piperidine rings is 1. The molecule has 3 fully saturated rings. The molecule has 2 saturated heterocycles. The van der Waals surface area contributed by atoms with Crippen molar-refractivity contribution in [2.45, 2.75) is 83.2 Å². The molecule has 0 aromatic rings. The normalized spacial score (nSPS) is 33.5. The number of rotatable bonds is 3. The van der Waals surface area contributed by atoms with Crippen LogP contribution in [0.5, 0.6) is 0 Å². The number of carbonyl (C=O) groups is 1. The maximum atomic E-state index is 12.9. The highest BCUT2D eigenvalue weighted by molar-refractivity contribution is 5.85. The van der Waals surface area contributed by atoms with E-state index < -0.39 is 0 Å². The molecule has 2 aliphatic heterocycles. The molecule has 1 saturated carbocycles. The molecule has 3 aliphatic rings. The highest BCUT2D eigenvalue weighted by Crippen LogP contribution is 2.33. The smallest absolute Gasteiger partial charge is 0.226 e. The molecule has 1 amide bonds. The van der Waals surface area contributed by atoms with Gasteiger partial charge in [-0.3, -0.25) is 4.79 Å². The van der Waals surface area contributed by atoms with E-state index >= 15 is 0 Å². The Balaban J connectivity index is 0.00000176. The summed E-state index contributed by atoms with van der Waals surface area (Å²) in [6, 6.07) is 1.07. The van der Waals surface area contributed by atoms with Gasteiger partial charge in [-0.2, -0.15) is 0 Å². The Morgan fingerprint density at radius 3 is 2.59 bits per heavy atom. The zero-order valence-corrected chi connectivity index (χ0v) is 14.9. The summed E-state index contributed by atoms with van der Waals surface area (Å²) in [6.07, 6.45) is 12.9. The van der Waals surface area contributed by atoms with Crippen LogP contribution in [0.15, 0.2) is 0 Å². The second-order valence-corrected chi connectivity index (χ2v) is 7.64. The lowest BCUT2D eigenvalue weighted by Gasteiger charge is -2.35. The highest BCUT2D eigenvalue weighted by Gasteiger charge is 2.35. The first-order chi connectivity index (χ1) is 10.2. The fraction of sp³-hybridized carbons (Fsp3) is 0.944. The second-order valence-electron chi connectivity index (χ2n) is 7.64. The summed E-state index contributed by atoms with van der Waals surface area (Å²) in [5.41, 5.74) is 0. The third-order valence-electron chi connectivity index (χ3n) is 5.96. The third-order valence-corrected chi connectivity index (χ3v) is 5.96. The lowest BCUT2D eigenvalue weighted by molar-refractivity contribution is -0.137. The molecule has 1 unspecified atom stereocenters. The van der Waals surface area contributed by atoms with Crippen LogP contribution in [-0.4, -0.2) is 36.0 Å². The molecule has 0 spiro atoms. The van der Waals surface area contributed by atoms with Crippen molar-refractivity contribution in [1.29, 1.82) is 0 Å². The van der Waals surface area contributed by atoms with E-state index in [-0.39, 0.29) is 18.3 Å². The number of carbonyl (C=O) groups excluding carboxylic acids is 1. The fourth-order valence-electron chi connectivity index (χ4n) is 4.77. The van der Waals surface area contributed by atoms with Crippen LogP contribution in [0, 0.1) is 11.8 Å². The Kier molecular flexibility index (Phi) is 7.01. The van der Waals surface area contributed by atoms with Gasteiger partial charge < -0.3 is 10.2 Å². The number of hydrogen-bond acceptors (Lipinski definition) is 2. The van der Waals surface area contributed by atoms with Crippen LogP contribution in [0.3, 0.4) is 0 Å². The minimum absolute atomic E-state index is 0.